The average molecular weight is 251 g/mol. The zero-order valence-electron chi connectivity index (χ0n) is 9.97. The van der Waals surface area contributed by atoms with E-state index in [4.69, 9.17) is 5.26 Å². The predicted molar refractivity (Wildman–Crippen MR) is 65.2 cm³/mol. The van der Waals surface area contributed by atoms with Gasteiger partial charge in [-0.3, -0.25) is 0 Å². The van der Waals surface area contributed by atoms with Crippen molar-refractivity contribution in [1.29, 1.82) is 5.26 Å². The summed E-state index contributed by atoms with van der Waals surface area (Å²) < 4.78 is 27.1. The summed E-state index contributed by atoms with van der Waals surface area (Å²) in [5, 5.41) is 14.7. The minimum Gasteiger partial charge on any atom is -0.380 e. The molecule has 96 valence electrons. The van der Waals surface area contributed by atoms with Crippen molar-refractivity contribution in [2.45, 2.75) is 25.3 Å². The fraction of sp³-hybridized carbons (Fsp3) is 0.462. The summed E-state index contributed by atoms with van der Waals surface area (Å²) in [5.41, 5.74) is -0.153. The van der Waals surface area contributed by atoms with Crippen molar-refractivity contribution >= 4 is 5.69 Å². The standard InChI is InChI=1S/C13H15F2N3/c14-11-6-9(8-16)7-12(15)13(11)18-5-3-10-2-1-4-17-10/h6-7,10,17-18H,1-5H2/t10-/m0/s1. The summed E-state index contributed by atoms with van der Waals surface area (Å²) in [4.78, 5) is 0. The van der Waals surface area contributed by atoms with Crippen molar-refractivity contribution in [2.75, 3.05) is 18.4 Å². The number of benzene rings is 1. The molecule has 1 atom stereocenters. The van der Waals surface area contributed by atoms with Crippen LogP contribution < -0.4 is 10.6 Å². The molecule has 1 saturated heterocycles. The molecule has 1 aliphatic rings. The van der Waals surface area contributed by atoms with Gasteiger partial charge in [-0.25, -0.2) is 8.78 Å². The Hall–Kier alpha value is -1.67. The molecule has 2 N–H and O–H groups in total. The Morgan fingerprint density at radius 1 is 1.39 bits per heavy atom. The molecule has 1 aliphatic heterocycles. The van der Waals surface area contributed by atoms with Gasteiger partial charge in [0.1, 0.15) is 5.69 Å². The monoisotopic (exact) mass is 251 g/mol. The SMILES string of the molecule is N#Cc1cc(F)c(NCC[C@@H]2CCCN2)c(F)c1. The van der Waals surface area contributed by atoms with Gasteiger partial charge in [0.05, 0.1) is 11.6 Å². The van der Waals surface area contributed by atoms with Gasteiger partial charge in [0.2, 0.25) is 0 Å². The van der Waals surface area contributed by atoms with Gasteiger partial charge in [-0.05, 0) is 37.9 Å². The van der Waals surface area contributed by atoms with Crippen molar-refractivity contribution in [2.24, 2.45) is 0 Å². The first-order chi connectivity index (χ1) is 8.70. The fourth-order valence-corrected chi connectivity index (χ4v) is 2.18. The van der Waals surface area contributed by atoms with Crippen LogP contribution in [0, 0.1) is 23.0 Å². The zero-order valence-corrected chi connectivity index (χ0v) is 9.97. The fourth-order valence-electron chi connectivity index (χ4n) is 2.18. The highest BCUT2D eigenvalue weighted by Gasteiger charge is 2.15. The summed E-state index contributed by atoms with van der Waals surface area (Å²) >= 11 is 0. The molecule has 2 rings (SSSR count). The van der Waals surface area contributed by atoms with Crippen molar-refractivity contribution in [3.63, 3.8) is 0 Å². The van der Waals surface area contributed by atoms with E-state index in [-0.39, 0.29) is 11.3 Å². The van der Waals surface area contributed by atoms with Gasteiger partial charge in [0.15, 0.2) is 11.6 Å². The minimum atomic E-state index is -0.717. The Bertz CT molecular complexity index is 439. The second kappa shape index (κ2) is 5.78. The molecule has 1 heterocycles. The Labute approximate surface area is 105 Å². The third-order valence-electron chi connectivity index (χ3n) is 3.13. The Morgan fingerprint density at radius 3 is 2.67 bits per heavy atom. The smallest absolute Gasteiger partial charge is 0.150 e. The lowest BCUT2D eigenvalue weighted by Gasteiger charge is -2.12. The normalized spacial score (nSPS) is 18.6. The number of nitrogens with zero attached hydrogens (tertiary/aromatic N) is 1. The maximum absolute atomic E-state index is 13.5. The molecule has 0 bridgehead atoms. The van der Waals surface area contributed by atoms with Crippen molar-refractivity contribution in [3.8, 4) is 6.07 Å². The van der Waals surface area contributed by atoms with Gasteiger partial charge in [-0.15, -0.1) is 0 Å². The van der Waals surface area contributed by atoms with Crippen LogP contribution in [0.5, 0.6) is 0 Å². The topological polar surface area (TPSA) is 47.9 Å². The lowest BCUT2D eigenvalue weighted by molar-refractivity contribution is 0.563. The maximum Gasteiger partial charge on any atom is 0.150 e. The van der Waals surface area contributed by atoms with Crippen LogP contribution in [0.1, 0.15) is 24.8 Å². The van der Waals surface area contributed by atoms with Gasteiger partial charge in [-0.1, -0.05) is 0 Å². The van der Waals surface area contributed by atoms with E-state index in [0.717, 1.165) is 37.9 Å². The van der Waals surface area contributed by atoms with Crippen LogP contribution in [0.3, 0.4) is 0 Å². The first-order valence-electron chi connectivity index (χ1n) is 6.07. The van der Waals surface area contributed by atoms with Crippen LogP contribution in [0.4, 0.5) is 14.5 Å². The molecule has 0 aromatic heterocycles. The van der Waals surface area contributed by atoms with E-state index in [0.29, 0.717) is 12.6 Å². The first-order valence-corrected chi connectivity index (χ1v) is 6.07. The number of hydrogen-bond acceptors (Lipinski definition) is 3. The number of hydrogen-bond donors (Lipinski definition) is 2. The van der Waals surface area contributed by atoms with Gasteiger partial charge < -0.3 is 10.6 Å². The highest BCUT2D eigenvalue weighted by molar-refractivity contribution is 5.50. The lowest BCUT2D eigenvalue weighted by atomic mass is 10.1. The molecule has 0 radical (unpaired) electrons. The second-order valence-electron chi connectivity index (χ2n) is 4.44. The Kier molecular flexibility index (Phi) is 4.11. The van der Waals surface area contributed by atoms with E-state index in [1.165, 1.54) is 0 Å². The molecule has 1 fully saturated rings. The molecule has 1 aromatic carbocycles. The molecule has 5 heteroatoms. The van der Waals surface area contributed by atoms with Gasteiger partial charge >= 0.3 is 0 Å². The first kappa shape index (κ1) is 12.8. The summed E-state index contributed by atoms with van der Waals surface area (Å²) in [6, 6.07) is 4.23. The maximum atomic E-state index is 13.5. The number of rotatable bonds is 4. The van der Waals surface area contributed by atoms with Crippen LogP contribution >= 0.6 is 0 Å². The molecule has 0 unspecified atom stereocenters. The molecule has 0 saturated carbocycles. The quantitative estimate of drug-likeness (QED) is 0.863. The van der Waals surface area contributed by atoms with Crippen molar-refractivity contribution in [3.05, 3.63) is 29.3 Å². The van der Waals surface area contributed by atoms with E-state index in [2.05, 4.69) is 10.6 Å². The third kappa shape index (κ3) is 2.96. The Balaban J connectivity index is 1.94. The van der Waals surface area contributed by atoms with E-state index >= 15 is 0 Å². The molecule has 3 nitrogen and oxygen atoms in total. The van der Waals surface area contributed by atoms with Crippen molar-refractivity contribution in [1.82, 2.24) is 5.32 Å². The van der Waals surface area contributed by atoms with Gasteiger partial charge in [0, 0.05) is 12.6 Å². The molecule has 0 amide bonds. The summed E-state index contributed by atoms with van der Waals surface area (Å²) in [6.45, 7) is 1.53. The van der Waals surface area contributed by atoms with Crippen LogP contribution in [0.15, 0.2) is 12.1 Å². The number of halogens is 2. The predicted octanol–water partition coefficient (Wildman–Crippen LogP) is 2.39. The summed E-state index contributed by atoms with van der Waals surface area (Å²) in [6.07, 6.45) is 3.10. The molecule has 18 heavy (non-hydrogen) atoms. The zero-order chi connectivity index (χ0) is 13.0. The lowest BCUT2D eigenvalue weighted by Crippen LogP contribution is -2.24. The largest absolute Gasteiger partial charge is 0.380 e. The summed E-state index contributed by atoms with van der Waals surface area (Å²) in [5.74, 6) is -1.43. The highest BCUT2D eigenvalue weighted by atomic mass is 19.1. The van der Waals surface area contributed by atoms with Crippen molar-refractivity contribution < 1.29 is 8.78 Å². The Morgan fingerprint density at radius 2 is 2.11 bits per heavy atom. The molecule has 1 aromatic rings. The summed E-state index contributed by atoms with van der Waals surface area (Å²) in [7, 11) is 0. The minimum absolute atomic E-state index is 0.00647. The number of anilines is 1. The third-order valence-corrected chi connectivity index (χ3v) is 3.13. The molecule has 0 spiro atoms. The number of nitrogens with one attached hydrogen (secondary N) is 2. The van der Waals surface area contributed by atoms with E-state index in [9.17, 15) is 8.78 Å². The molecular formula is C13H15F2N3. The van der Waals surface area contributed by atoms with Gasteiger partial charge in [-0.2, -0.15) is 5.26 Å². The van der Waals surface area contributed by atoms with Gasteiger partial charge in [0.25, 0.3) is 0 Å². The van der Waals surface area contributed by atoms with E-state index in [1.807, 2.05) is 0 Å². The second-order valence-corrected chi connectivity index (χ2v) is 4.44. The highest BCUT2D eigenvalue weighted by Crippen LogP contribution is 2.20. The van der Waals surface area contributed by atoms with E-state index < -0.39 is 11.6 Å². The number of nitriles is 1. The van der Waals surface area contributed by atoms with E-state index in [1.54, 1.807) is 6.07 Å². The average Bonchev–Trinajstić information content (AvgIpc) is 2.85. The van der Waals surface area contributed by atoms with Crippen LogP contribution in [-0.4, -0.2) is 19.1 Å². The van der Waals surface area contributed by atoms with Crippen LogP contribution in [-0.2, 0) is 0 Å². The molecular weight excluding hydrogens is 236 g/mol. The molecule has 0 aliphatic carbocycles. The van der Waals surface area contributed by atoms with Crippen LogP contribution in [0.2, 0.25) is 0 Å². The van der Waals surface area contributed by atoms with Crippen LogP contribution in [0.25, 0.3) is 0 Å².